The number of aliphatic carboxylic acids is 1. The third-order valence-corrected chi connectivity index (χ3v) is 3.78. The van der Waals surface area contributed by atoms with E-state index in [1.54, 1.807) is 0 Å². The lowest BCUT2D eigenvalue weighted by Gasteiger charge is -2.16. The molecule has 1 fully saturated rings. The van der Waals surface area contributed by atoms with Crippen LogP contribution in [0.5, 0.6) is 11.5 Å². The Bertz CT molecular complexity index is 674. The molecular formula is C15H17ClN2O6. The summed E-state index contributed by atoms with van der Waals surface area (Å²) in [6.45, 7) is -0.398. The highest BCUT2D eigenvalue weighted by Gasteiger charge is 2.37. The maximum atomic E-state index is 12.3. The van der Waals surface area contributed by atoms with Gasteiger partial charge in [0.2, 0.25) is 0 Å². The zero-order valence-electron chi connectivity index (χ0n) is 12.9. The molecule has 0 saturated heterocycles. The van der Waals surface area contributed by atoms with Crippen molar-refractivity contribution >= 4 is 29.4 Å². The lowest BCUT2D eigenvalue weighted by atomic mass is 10.1. The Kier molecular flexibility index (Phi) is 5.50. The fourth-order valence-corrected chi connectivity index (χ4v) is 2.43. The van der Waals surface area contributed by atoms with Gasteiger partial charge >= 0.3 is 5.97 Å². The molecule has 4 N–H and O–H groups in total. The molecule has 8 nitrogen and oxygen atoms in total. The minimum absolute atomic E-state index is 0.0408. The van der Waals surface area contributed by atoms with Crippen LogP contribution in [0.1, 0.15) is 23.2 Å². The molecule has 0 aliphatic heterocycles. The van der Waals surface area contributed by atoms with Gasteiger partial charge in [0, 0.05) is 5.56 Å². The van der Waals surface area contributed by atoms with Crippen LogP contribution < -0.4 is 20.5 Å². The summed E-state index contributed by atoms with van der Waals surface area (Å²) in [7, 11) is 1.34. The van der Waals surface area contributed by atoms with Crippen LogP contribution in [-0.2, 0) is 9.59 Å². The molecule has 130 valence electrons. The number of nitrogens with one attached hydrogen (secondary N) is 1. The summed E-state index contributed by atoms with van der Waals surface area (Å²) >= 11 is 6.06. The fourth-order valence-electron chi connectivity index (χ4n) is 2.17. The van der Waals surface area contributed by atoms with Gasteiger partial charge in [-0.2, -0.15) is 0 Å². The minimum Gasteiger partial charge on any atom is -0.493 e. The van der Waals surface area contributed by atoms with E-state index in [9.17, 15) is 19.5 Å². The lowest BCUT2D eigenvalue weighted by molar-refractivity contribution is -0.139. The van der Waals surface area contributed by atoms with E-state index in [-0.39, 0.29) is 28.0 Å². The van der Waals surface area contributed by atoms with Crippen LogP contribution in [0.2, 0.25) is 5.02 Å². The van der Waals surface area contributed by atoms with Crippen LogP contribution in [-0.4, -0.2) is 42.6 Å². The van der Waals surface area contributed by atoms with Crippen molar-refractivity contribution in [2.24, 2.45) is 11.7 Å². The molecule has 2 rings (SSSR count). The number of halogens is 1. The van der Waals surface area contributed by atoms with Crippen LogP contribution >= 0.6 is 11.6 Å². The summed E-state index contributed by atoms with van der Waals surface area (Å²) < 4.78 is 10.3. The summed E-state index contributed by atoms with van der Waals surface area (Å²) in [5.41, 5.74) is 5.13. The number of carbonyl (C=O) groups is 3. The predicted octanol–water partition coefficient (Wildman–Crippen LogP) is 0.806. The first-order valence-corrected chi connectivity index (χ1v) is 7.53. The predicted molar refractivity (Wildman–Crippen MR) is 84.3 cm³/mol. The van der Waals surface area contributed by atoms with Gasteiger partial charge in [-0.05, 0) is 30.9 Å². The Morgan fingerprint density at radius 1 is 1.42 bits per heavy atom. The molecule has 0 bridgehead atoms. The largest absolute Gasteiger partial charge is 0.493 e. The van der Waals surface area contributed by atoms with Crippen molar-refractivity contribution in [3.63, 3.8) is 0 Å². The van der Waals surface area contributed by atoms with Crippen molar-refractivity contribution in [2.45, 2.75) is 18.9 Å². The number of hydrogen-bond donors (Lipinski definition) is 3. The van der Waals surface area contributed by atoms with Crippen LogP contribution in [0.4, 0.5) is 0 Å². The topological polar surface area (TPSA) is 128 Å². The quantitative estimate of drug-likeness (QED) is 0.632. The van der Waals surface area contributed by atoms with Gasteiger partial charge in [0.15, 0.2) is 18.1 Å². The molecule has 2 amide bonds. The Morgan fingerprint density at radius 3 is 2.58 bits per heavy atom. The van der Waals surface area contributed by atoms with E-state index in [4.69, 9.17) is 26.8 Å². The Hall–Kier alpha value is -2.48. The maximum Gasteiger partial charge on any atom is 0.326 e. The van der Waals surface area contributed by atoms with E-state index in [1.165, 1.54) is 19.2 Å². The third kappa shape index (κ3) is 4.29. The second kappa shape index (κ2) is 7.39. The first-order chi connectivity index (χ1) is 11.3. The lowest BCUT2D eigenvalue weighted by Crippen LogP contribution is -2.42. The van der Waals surface area contributed by atoms with Gasteiger partial charge in [0.1, 0.15) is 6.04 Å². The zero-order valence-corrected chi connectivity index (χ0v) is 13.6. The van der Waals surface area contributed by atoms with Crippen molar-refractivity contribution in [2.75, 3.05) is 13.7 Å². The number of ether oxygens (including phenoxy) is 2. The van der Waals surface area contributed by atoms with Crippen LogP contribution in [0.25, 0.3) is 0 Å². The number of nitrogens with two attached hydrogens (primary N) is 1. The average molecular weight is 357 g/mol. The molecule has 1 aromatic rings. The number of hydrogen-bond acceptors (Lipinski definition) is 5. The Morgan fingerprint density at radius 2 is 2.08 bits per heavy atom. The van der Waals surface area contributed by atoms with E-state index in [0.29, 0.717) is 0 Å². The minimum atomic E-state index is -1.08. The Labute approximate surface area is 142 Å². The molecule has 1 atom stereocenters. The highest BCUT2D eigenvalue weighted by molar-refractivity contribution is 6.32. The van der Waals surface area contributed by atoms with Crippen molar-refractivity contribution < 1.29 is 29.0 Å². The molecule has 0 heterocycles. The van der Waals surface area contributed by atoms with E-state index < -0.39 is 30.4 Å². The van der Waals surface area contributed by atoms with Gasteiger partial charge in [0.25, 0.3) is 11.8 Å². The molecule has 1 aliphatic carbocycles. The molecule has 9 heteroatoms. The van der Waals surface area contributed by atoms with Crippen molar-refractivity contribution in [1.82, 2.24) is 5.32 Å². The number of carboxylic acids is 1. The maximum absolute atomic E-state index is 12.3. The first-order valence-electron chi connectivity index (χ1n) is 7.15. The van der Waals surface area contributed by atoms with E-state index in [2.05, 4.69) is 5.32 Å². The van der Waals surface area contributed by atoms with Crippen molar-refractivity contribution in [3.8, 4) is 11.5 Å². The van der Waals surface area contributed by atoms with Crippen molar-refractivity contribution in [3.05, 3.63) is 22.7 Å². The SMILES string of the molecule is COc1cc(C(=O)NC(C(=O)O)C2CC2)cc(Cl)c1OCC(N)=O. The highest BCUT2D eigenvalue weighted by atomic mass is 35.5. The van der Waals surface area contributed by atoms with Gasteiger partial charge < -0.3 is 25.6 Å². The monoisotopic (exact) mass is 356 g/mol. The molecule has 24 heavy (non-hydrogen) atoms. The molecule has 0 spiro atoms. The molecule has 1 unspecified atom stereocenters. The number of amides is 2. The molecule has 1 aromatic carbocycles. The van der Waals surface area contributed by atoms with Gasteiger partial charge in [-0.15, -0.1) is 0 Å². The number of carbonyl (C=O) groups excluding carboxylic acids is 2. The standard InChI is InChI=1S/C15H17ClN2O6/c1-23-10-5-8(4-9(16)13(10)24-6-11(17)19)14(20)18-12(15(21)22)7-2-3-7/h4-5,7,12H,2-3,6H2,1H3,(H2,17,19)(H,18,20)(H,21,22). The van der Waals surface area contributed by atoms with E-state index >= 15 is 0 Å². The first kappa shape index (κ1) is 17.9. The van der Waals surface area contributed by atoms with E-state index in [1.807, 2.05) is 0 Å². The smallest absolute Gasteiger partial charge is 0.326 e. The summed E-state index contributed by atoms with van der Waals surface area (Å²) in [5, 5.41) is 11.7. The van der Waals surface area contributed by atoms with E-state index in [0.717, 1.165) is 12.8 Å². The Balaban J connectivity index is 2.20. The van der Waals surface area contributed by atoms with Crippen LogP contribution in [0.15, 0.2) is 12.1 Å². The van der Waals surface area contributed by atoms with Gasteiger partial charge in [0.05, 0.1) is 12.1 Å². The van der Waals surface area contributed by atoms with Crippen molar-refractivity contribution in [1.29, 1.82) is 0 Å². The zero-order chi connectivity index (χ0) is 17.9. The van der Waals surface area contributed by atoms with Crippen LogP contribution in [0.3, 0.4) is 0 Å². The highest BCUT2D eigenvalue weighted by Crippen LogP contribution is 2.37. The second-order valence-corrected chi connectivity index (χ2v) is 5.78. The second-order valence-electron chi connectivity index (χ2n) is 5.37. The fraction of sp³-hybridized carbons (Fsp3) is 0.400. The van der Waals surface area contributed by atoms with Crippen LogP contribution in [0, 0.1) is 5.92 Å². The van der Waals surface area contributed by atoms with Gasteiger partial charge in [-0.1, -0.05) is 11.6 Å². The molecule has 1 aliphatic rings. The number of primary amides is 1. The van der Waals surface area contributed by atoms with Gasteiger partial charge in [-0.3, -0.25) is 9.59 Å². The normalized spacial score (nSPS) is 14.6. The van der Waals surface area contributed by atoms with Gasteiger partial charge in [-0.25, -0.2) is 4.79 Å². The summed E-state index contributed by atoms with van der Waals surface area (Å²) in [5.74, 6) is -2.20. The summed E-state index contributed by atoms with van der Waals surface area (Å²) in [4.78, 5) is 34.3. The summed E-state index contributed by atoms with van der Waals surface area (Å²) in [6, 6.07) is 1.72. The number of methoxy groups -OCH3 is 1. The number of benzene rings is 1. The average Bonchev–Trinajstić information content (AvgIpc) is 3.34. The molecular weight excluding hydrogens is 340 g/mol. The summed E-state index contributed by atoms with van der Waals surface area (Å²) in [6.07, 6.45) is 1.53. The third-order valence-electron chi connectivity index (χ3n) is 3.50. The molecule has 1 saturated carbocycles. The molecule has 0 aromatic heterocycles. The number of carboxylic acid groups (broad SMARTS) is 1. The number of rotatable bonds is 8. The molecule has 0 radical (unpaired) electrons.